The van der Waals surface area contributed by atoms with E-state index in [1.54, 1.807) is 0 Å². The maximum absolute atomic E-state index is 11.1. The Bertz CT molecular complexity index is 156. The van der Waals surface area contributed by atoms with Crippen molar-refractivity contribution in [2.45, 2.75) is 26.2 Å². The van der Waals surface area contributed by atoms with E-state index in [9.17, 15) is 4.79 Å². The van der Waals surface area contributed by atoms with Gasteiger partial charge in [0.2, 0.25) is 0 Å². The van der Waals surface area contributed by atoms with Crippen molar-refractivity contribution in [1.29, 1.82) is 0 Å². The van der Waals surface area contributed by atoms with Crippen LogP contribution in [-0.4, -0.2) is 24.3 Å². The first-order chi connectivity index (χ1) is 5.79. The van der Waals surface area contributed by atoms with E-state index < -0.39 is 0 Å². The van der Waals surface area contributed by atoms with E-state index in [-0.39, 0.29) is 18.5 Å². The average molecular weight is 172 g/mol. The molecule has 70 valence electrons. The molecule has 0 aliphatic heterocycles. The van der Waals surface area contributed by atoms with Crippen molar-refractivity contribution >= 4 is 5.97 Å². The molecule has 0 spiro atoms. The topological polar surface area (TPSA) is 46.5 Å². The third-order valence-electron chi connectivity index (χ3n) is 2.24. The lowest BCUT2D eigenvalue weighted by Gasteiger charge is -1.99. The highest BCUT2D eigenvalue weighted by molar-refractivity contribution is 5.75. The molecule has 1 saturated carbocycles. The minimum atomic E-state index is -0.0551. The Morgan fingerprint density at radius 3 is 3.00 bits per heavy atom. The molecule has 3 heteroatoms. The zero-order chi connectivity index (χ0) is 8.97. The largest absolute Gasteiger partial charge is 0.466 e. The van der Waals surface area contributed by atoms with Crippen molar-refractivity contribution < 1.29 is 14.6 Å². The lowest BCUT2D eigenvalue weighted by atomic mass is 10.2. The molecule has 1 aliphatic rings. The number of rotatable bonds is 5. The molecule has 0 aromatic rings. The second kappa shape index (κ2) is 4.45. The smallest absolute Gasteiger partial charge is 0.309 e. The Hall–Kier alpha value is -0.570. The number of aliphatic hydroxyl groups excluding tert-OH is 1. The summed E-state index contributed by atoms with van der Waals surface area (Å²) in [4.78, 5) is 11.1. The van der Waals surface area contributed by atoms with Crippen molar-refractivity contribution in [3.8, 4) is 0 Å². The number of esters is 1. The molecule has 1 N–H and O–H groups in total. The quantitative estimate of drug-likeness (QED) is 0.628. The molecule has 1 rings (SSSR count). The SMILES string of the molecule is CCOC(=O)C1CC1CCCO. The van der Waals surface area contributed by atoms with Crippen LogP contribution >= 0.6 is 0 Å². The maximum Gasteiger partial charge on any atom is 0.309 e. The van der Waals surface area contributed by atoms with E-state index in [1.165, 1.54) is 0 Å². The fraction of sp³-hybridized carbons (Fsp3) is 0.889. The van der Waals surface area contributed by atoms with E-state index in [0.29, 0.717) is 12.5 Å². The minimum absolute atomic E-state index is 0.0551. The molecular formula is C9H16O3. The Balaban J connectivity index is 2.10. The van der Waals surface area contributed by atoms with Gasteiger partial charge < -0.3 is 9.84 Å². The Morgan fingerprint density at radius 2 is 2.42 bits per heavy atom. The summed E-state index contributed by atoms with van der Waals surface area (Å²) in [5.74, 6) is 0.563. The Kier molecular flexibility index (Phi) is 3.53. The van der Waals surface area contributed by atoms with Crippen LogP contribution in [0.15, 0.2) is 0 Å². The number of hydrogen-bond acceptors (Lipinski definition) is 3. The standard InChI is InChI=1S/C9H16O3/c1-2-12-9(11)8-6-7(8)4-3-5-10/h7-8,10H,2-6H2,1H3. The highest BCUT2D eigenvalue weighted by Gasteiger charge is 2.43. The van der Waals surface area contributed by atoms with Gasteiger partial charge in [-0.1, -0.05) is 0 Å². The molecule has 12 heavy (non-hydrogen) atoms. The second-order valence-electron chi connectivity index (χ2n) is 3.22. The molecule has 0 saturated heterocycles. The molecule has 0 bridgehead atoms. The van der Waals surface area contributed by atoms with Crippen LogP contribution in [-0.2, 0) is 9.53 Å². The molecule has 0 amide bonds. The van der Waals surface area contributed by atoms with E-state index >= 15 is 0 Å². The van der Waals surface area contributed by atoms with Crippen LogP contribution in [0.25, 0.3) is 0 Å². The molecule has 0 radical (unpaired) electrons. The number of hydrogen-bond donors (Lipinski definition) is 1. The molecule has 0 heterocycles. The summed E-state index contributed by atoms with van der Waals surface area (Å²) < 4.78 is 4.87. The van der Waals surface area contributed by atoms with Gasteiger partial charge in [0.25, 0.3) is 0 Å². The van der Waals surface area contributed by atoms with Gasteiger partial charge in [0.1, 0.15) is 0 Å². The van der Waals surface area contributed by atoms with Crippen molar-refractivity contribution in [3.05, 3.63) is 0 Å². The van der Waals surface area contributed by atoms with Gasteiger partial charge in [-0.2, -0.15) is 0 Å². The van der Waals surface area contributed by atoms with Gasteiger partial charge in [0.05, 0.1) is 12.5 Å². The summed E-state index contributed by atoms with van der Waals surface area (Å²) in [5.41, 5.74) is 0. The minimum Gasteiger partial charge on any atom is -0.466 e. The molecule has 2 unspecified atom stereocenters. The average Bonchev–Trinajstić information content (AvgIpc) is 2.80. The lowest BCUT2D eigenvalue weighted by Crippen LogP contribution is -2.07. The predicted molar refractivity (Wildman–Crippen MR) is 44.5 cm³/mol. The molecule has 0 aromatic heterocycles. The molecule has 3 nitrogen and oxygen atoms in total. The first-order valence-electron chi connectivity index (χ1n) is 4.57. The lowest BCUT2D eigenvalue weighted by molar-refractivity contribution is -0.145. The zero-order valence-corrected chi connectivity index (χ0v) is 7.45. The number of carbonyl (C=O) groups is 1. The van der Waals surface area contributed by atoms with E-state index in [0.717, 1.165) is 19.3 Å². The van der Waals surface area contributed by atoms with Crippen molar-refractivity contribution in [1.82, 2.24) is 0 Å². The summed E-state index contributed by atoms with van der Waals surface area (Å²) in [7, 11) is 0. The maximum atomic E-state index is 11.1. The fourth-order valence-electron chi connectivity index (χ4n) is 1.46. The first kappa shape index (κ1) is 9.52. The van der Waals surface area contributed by atoms with Gasteiger partial charge in [-0.3, -0.25) is 4.79 Å². The zero-order valence-electron chi connectivity index (χ0n) is 7.45. The van der Waals surface area contributed by atoms with Gasteiger partial charge in [0, 0.05) is 6.61 Å². The second-order valence-corrected chi connectivity index (χ2v) is 3.22. The number of aliphatic hydroxyl groups is 1. The highest BCUT2D eigenvalue weighted by atomic mass is 16.5. The van der Waals surface area contributed by atoms with Crippen LogP contribution in [0.2, 0.25) is 0 Å². The first-order valence-corrected chi connectivity index (χ1v) is 4.57. The number of carbonyl (C=O) groups excluding carboxylic acids is 1. The molecule has 0 aromatic carbocycles. The summed E-state index contributed by atoms with van der Waals surface area (Å²) in [5, 5.41) is 8.55. The molecule has 1 fully saturated rings. The van der Waals surface area contributed by atoms with Gasteiger partial charge in [-0.25, -0.2) is 0 Å². The molecule has 2 atom stereocenters. The van der Waals surface area contributed by atoms with Crippen LogP contribution in [0.4, 0.5) is 0 Å². The van der Waals surface area contributed by atoms with Crippen LogP contribution in [0.3, 0.4) is 0 Å². The normalized spacial score (nSPS) is 26.8. The van der Waals surface area contributed by atoms with Crippen LogP contribution < -0.4 is 0 Å². The van der Waals surface area contributed by atoms with Gasteiger partial charge >= 0.3 is 5.97 Å². The van der Waals surface area contributed by atoms with Crippen molar-refractivity contribution in [2.75, 3.05) is 13.2 Å². The summed E-state index contributed by atoms with van der Waals surface area (Å²) >= 11 is 0. The van der Waals surface area contributed by atoms with E-state index in [2.05, 4.69) is 0 Å². The summed E-state index contributed by atoms with van der Waals surface area (Å²) in [6.45, 7) is 2.52. The summed E-state index contributed by atoms with van der Waals surface area (Å²) in [6, 6.07) is 0. The van der Waals surface area contributed by atoms with Gasteiger partial charge in [0.15, 0.2) is 0 Å². The predicted octanol–water partition coefficient (Wildman–Crippen LogP) is 0.958. The number of ether oxygens (including phenoxy) is 1. The van der Waals surface area contributed by atoms with E-state index in [1.807, 2.05) is 6.92 Å². The molecular weight excluding hydrogens is 156 g/mol. The van der Waals surface area contributed by atoms with Crippen molar-refractivity contribution in [2.24, 2.45) is 11.8 Å². The highest BCUT2D eigenvalue weighted by Crippen LogP contribution is 2.42. The van der Waals surface area contributed by atoms with Gasteiger partial charge in [-0.05, 0) is 32.1 Å². The Labute approximate surface area is 72.7 Å². The summed E-state index contributed by atoms with van der Waals surface area (Å²) in [6.07, 6.45) is 2.72. The Morgan fingerprint density at radius 1 is 1.67 bits per heavy atom. The third kappa shape index (κ3) is 2.48. The van der Waals surface area contributed by atoms with E-state index in [4.69, 9.17) is 9.84 Å². The van der Waals surface area contributed by atoms with Crippen LogP contribution in [0.5, 0.6) is 0 Å². The molecule has 1 aliphatic carbocycles. The van der Waals surface area contributed by atoms with Crippen LogP contribution in [0.1, 0.15) is 26.2 Å². The van der Waals surface area contributed by atoms with Crippen LogP contribution in [0, 0.1) is 11.8 Å². The fourth-order valence-corrected chi connectivity index (χ4v) is 1.46. The van der Waals surface area contributed by atoms with Gasteiger partial charge in [-0.15, -0.1) is 0 Å². The van der Waals surface area contributed by atoms with Crippen molar-refractivity contribution in [3.63, 3.8) is 0 Å². The third-order valence-corrected chi connectivity index (χ3v) is 2.24. The monoisotopic (exact) mass is 172 g/mol.